The number of hydrogen-bond acceptors (Lipinski definition) is 3. The first-order chi connectivity index (χ1) is 15.0. The molecule has 3 rings (SSSR count). The molecule has 1 heterocycles. The van der Waals surface area contributed by atoms with Gasteiger partial charge in [-0.05, 0) is 43.2 Å². The van der Waals surface area contributed by atoms with Gasteiger partial charge in [0.15, 0.2) is 0 Å². The van der Waals surface area contributed by atoms with Crippen LogP contribution in [0.25, 0.3) is 0 Å². The summed E-state index contributed by atoms with van der Waals surface area (Å²) in [5.74, 6) is -1.19. The smallest absolute Gasteiger partial charge is 0.257 e. The minimum atomic E-state index is -0.573. The summed E-state index contributed by atoms with van der Waals surface area (Å²) in [5, 5.41) is 0. The Hall–Kier alpha value is -2.99. The molecule has 0 bridgehead atoms. The Labute approximate surface area is 186 Å². The van der Waals surface area contributed by atoms with Gasteiger partial charge in [-0.1, -0.05) is 49.4 Å². The fraction of sp³-hybridized carbons (Fsp3) is 0.280. The summed E-state index contributed by atoms with van der Waals surface area (Å²) in [6.45, 7) is 5.19. The standard InChI is InChI=1S/C25H27FN2O2S/c1-3-15-27(25(30)22-11-7-8-12-23(22)26)18-24(29)28(16-20-9-5-4-6-10-20)17-21-14-13-19(2)31-21/h4-14H,3,15-18H2,1-2H3. The molecule has 0 atom stereocenters. The first-order valence-electron chi connectivity index (χ1n) is 10.4. The van der Waals surface area contributed by atoms with Crippen molar-refractivity contribution in [1.29, 1.82) is 0 Å². The Bertz CT molecular complexity index is 1020. The lowest BCUT2D eigenvalue weighted by Crippen LogP contribution is -2.43. The molecule has 2 amide bonds. The van der Waals surface area contributed by atoms with Crippen LogP contribution in [0.15, 0.2) is 66.7 Å². The minimum Gasteiger partial charge on any atom is -0.332 e. The summed E-state index contributed by atoms with van der Waals surface area (Å²) in [7, 11) is 0. The number of thiophene rings is 1. The van der Waals surface area contributed by atoms with E-state index in [2.05, 4.69) is 0 Å². The molecule has 0 radical (unpaired) electrons. The molecule has 3 aromatic rings. The highest BCUT2D eigenvalue weighted by molar-refractivity contribution is 7.11. The van der Waals surface area contributed by atoms with E-state index in [1.165, 1.54) is 21.9 Å². The molecule has 0 aliphatic carbocycles. The molecule has 0 spiro atoms. The Balaban J connectivity index is 1.80. The maximum absolute atomic E-state index is 14.2. The van der Waals surface area contributed by atoms with Crippen molar-refractivity contribution < 1.29 is 14.0 Å². The van der Waals surface area contributed by atoms with Crippen LogP contribution in [-0.4, -0.2) is 34.7 Å². The summed E-state index contributed by atoms with van der Waals surface area (Å²) in [4.78, 5) is 31.7. The van der Waals surface area contributed by atoms with Gasteiger partial charge in [0.2, 0.25) is 5.91 Å². The number of carbonyl (C=O) groups is 2. The molecular weight excluding hydrogens is 411 g/mol. The second kappa shape index (κ2) is 10.9. The predicted octanol–water partition coefficient (Wildman–Crippen LogP) is 5.28. The second-order valence-electron chi connectivity index (χ2n) is 7.45. The molecule has 31 heavy (non-hydrogen) atoms. The third-order valence-corrected chi connectivity index (χ3v) is 5.91. The monoisotopic (exact) mass is 438 g/mol. The van der Waals surface area contributed by atoms with Crippen molar-refractivity contribution in [3.63, 3.8) is 0 Å². The van der Waals surface area contributed by atoms with E-state index in [4.69, 9.17) is 0 Å². The van der Waals surface area contributed by atoms with Crippen LogP contribution in [0.1, 0.15) is 39.0 Å². The molecule has 1 aromatic heterocycles. The van der Waals surface area contributed by atoms with E-state index in [1.54, 1.807) is 28.4 Å². The van der Waals surface area contributed by atoms with E-state index in [-0.39, 0.29) is 18.0 Å². The Kier molecular flexibility index (Phi) is 7.95. The van der Waals surface area contributed by atoms with Crippen LogP contribution in [0.5, 0.6) is 0 Å². The topological polar surface area (TPSA) is 40.6 Å². The summed E-state index contributed by atoms with van der Waals surface area (Å²) < 4.78 is 14.2. The summed E-state index contributed by atoms with van der Waals surface area (Å²) in [5.41, 5.74) is 1.01. The van der Waals surface area contributed by atoms with Crippen LogP contribution in [-0.2, 0) is 17.9 Å². The number of rotatable bonds is 9. The van der Waals surface area contributed by atoms with Crippen molar-refractivity contribution in [2.75, 3.05) is 13.1 Å². The molecule has 4 nitrogen and oxygen atoms in total. The molecule has 162 valence electrons. The normalized spacial score (nSPS) is 10.7. The predicted molar refractivity (Wildman–Crippen MR) is 122 cm³/mol. The molecule has 6 heteroatoms. The van der Waals surface area contributed by atoms with Gasteiger partial charge < -0.3 is 9.80 Å². The largest absolute Gasteiger partial charge is 0.332 e. The molecule has 0 aliphatic rings. The number of aryl methyl sites for hydroxylation is 1. The zero-order valence-electron chi connectivity index (χ0n) is 17.9. The third-order valence-electron chi connectivity index (χ3n) is 4.92. The molecule has 0 fully saturated rings. The molecule has 0 aliphatic heterocycles. The van der Waals surface area contributed by atoms with E-state index in [1.807, 2.05) is 56.3 Å². The average Bonchev–Trinajstić information content (AvgIpc) is 3.18. The van der Waals surface area contributed by atoms with Gasteiger partial charge in [-0.15, -0.1) is 11.3 Å². The van der Waals surface area contributed by atoms with Crippen LogP contribution < -0.4 is 0 Å². The van der Waals surface area contributed by atoms with E-state index in [0.29, 0.717) is 26.1 Å². The lowest BCUT2D eigenvalue weighted by molar-refractivity contribution is -0.133. The van der Waals surface area contributed by atoms with Crippen LogP contribution >= 0.6 is 11.3 Å². The zero-order chi connectivity index (χ0) is 22.2. The van der Waals surface area contributed by atoms with Crippen molar-refractivity contribution in [2.45, 2.75) is 33.4 Å². The zero-order valence-corrected chi connectivity index (χ0v) is 18.7. The highest BCUT2D eigenvalue weighted by Crippen LogP contribution is 2.19. The van der Waals surface area contributed by atoms with Crippen molar-refractivity contribution in [3.8, 4) is 0 Å². The minimum absolute atomic E-state index is 0.00718. The lowest BCUT2D eigenvalue weighted by Gasteiger charge is -2.27. The van der Waals surface area contributed by atoms with Gasteiger partial charge in [0.25, 0.3) is 5.91 Å². The fourth-order valence-electron chi connectivity index (χ4n) is 3.38. The maximum atomic E-state index is 14.2. The molecule has 2 aromatic carbocycles. The maximum Gasteiger partial charge on any atom is 0.257 e. The van der Waals surface area contributed by atoms with Crippen LogP contribution in [0.3, 0.4) is 0 Å². The van der Waals surface area contributed by atoms with Crippen molar-refractivity contribution >= 4 is 23.2 Å². The summed E-state index contributed by atoms with van der Waals surface area (Å²) in [6.07, 6.45) is 0.677. The van der Waals surface area contributed by atoms with Gasteiger partial charge in [-0.3, -0.25) is 9.59 Å². The van der Waals surface area contributed by atoms with Crippen molar-refractivity contribution in [2.24, 2.45) is 0 Å². The van der Waals surface area contributed by atoms with E-state index >= 15 is 0 Å². The Morgan fingerprint density at radius 2 is 1.61 bits per heavy atom. The first-order valence-corrected chi connectivity index (χ1v) is 11.2. The molecule has 0 saturated heterocycles. The fourth-order valence-corrected chi connectivity index (χ4v) is 4.29. The highest BCUT2D eigenvalue weighted by atomic mass is 32.1. The molecule has 0 saturated carbocycles. The number of amides is 2. The SMILES string of the molecule is CCCN(CC(=O)N(Cc1ccccc1)Cc1ccc(C)s1)C(=O)c1ccccc1F. The van der Waals surface area contributed by atoms with Gasteiger partial charge in [-0.2, -0.15) is 0 Å². The number of carbonyl (C=O) groups excluding carboxylic acids is 2. The first kappa shape index (κ1) is 22.7. The molecule has 0 unspecified atom stereocenters. The number of benzene rings is 2. The van der Waals surface area contributed by atoms with Crippen LogP contribution in [0.2, 0.25) is 0 Å². The number of hydrogen-bond donors (Lipinski definition) is 0. The summed E-state index contributed by atoms with van der Waals surface area (Å²) >= 11 is 1.65. The van der Waals surface area contributed by atoms with Gasteiger partial charge in [-0.25, -0.2) is 4.39 Å². The van der Waals surface area contributed by atoms with Crippen LogP contribution in [0.4, 0.5) is 4.39 Å². The van der Waals surface area contributed by atoms with Gasteiger partial charge in [0.05, 0.1) is 12.1 Å². The van der Waals surface area contributed by atoms with Crippen LogP contribution in [0, 0.1) is 12.7 Å². The van der Waals surface area contributed by atoms with Crippen molar-refractivity contribution in [1.82, 2.24) is 9.80 Å². The quantitative estimate of drug-likeness (QED) is 0.456. The number of halogens is 1. The van der Waals surface area contributed by atoms with Gasteiger partial charge in [0.1, 0.15) is 12.4 Å². The Morgan fingerprint density at radius 1 is 0.903 bits per heavy atom. The molecular formula is C25H27FN2O2S. The summed E-state index contributed by atoms with van der Waals surface area (Å²) in [6, 6.07) is 19.7. The van der Waals surface area contributed by atoms with E-state index in [0.717, 1.165) is 10.4 Å². The Morgan fingerprint density at radius 3 is 2.26 bits per heavy atom. The van der Waals surface area contributed by atoms with Crippen molar-refractivity contribution in [3.05, 3.63) is 93.4 Å². The van der Waals surface area contributed by atoms with E-state index < -0.39 is 11.7 Å². The highest BCUT2D eigenvalue weighted by Gasteiger charge is 2.24. The number of nitrogens with zero attached hydrogens (tertiary/aromatic N) is 2. The van der Waals surface area contributed by atoms with Gasteiger partial charge in [0, 0.05) is 22.8 Å². The lowest BCUT2D eigenvalue weighted by atomic mass is 10.1. The average molecular weight is 439 g/mol. The second-order valence-corrected chi connectivity index (χ2v) is 8.83. The van der Waals surface area contributed by atoms with E-state index in [9.17, 15) is 14.0 Å². The third kappa shape index (κ3) is 6.25. The molecule has 0 N–H and O–H groups in total. The van der Waals surface area contributed by atoms with Gasteiger partial charge >= 0.3 is 0 Å².